The molecule has 0 saturated carbocycles. The first kappa shape index (κ1) is 10.7. The zero-order chi connectivity index (χ0) is 11.9. The van der Waals surface area contributed by atoms with Gasteiger partial charge in [0.05, 0.1) is 17.1 Å². The van der Waals surface area contributed by atoms with Gasteiger partial charge >= 0.3 is 5.97 Å². The highest BCUT2D eigenvalue weighted by molar-refractivity contribution is 9.10. The van der Waals surface area contributed by atoms with Gasteiger partial charge < -0.3 is 9.67 Å². The van der Waals surface area contributed by atoms with E-state index in [0.717, 1.165) is 15.4 Å². The lowest BCUT2D eigenvalue weighted by atomic mass is 10.2. The lowest BCUT2D eigenvalue weighted by molar-refractivity contribution is 0.0687. The molecule has 0 spiro atoms. The van der Waals surface area contributed by atoms with E-state index >= 15 is 0 Å². The quantitative estimate of drug-likeness (QED) is 0.872. The fourth-order valence-electron chi connectivity index (χ4n) is 1.72. The highest BCUT2D eigenvalue weighted by atomic mass is 79.9. The average Bonchev–Trinajstić information content (AvgIpc) is 2.56. The third-order valence-electron chi connectivity index (χ3n) is 2.43. The fraction of sp³-hybridized carbons (Fsp3) is 0.0909. The molecule has 0 aliphatic rings. The highest BCUT2D eigenvalue weighted by Crippen LogP contribution is 2.28. The summed E-state index contributed by atoms with van der Waals surface area (Å²) in [4.78, 5) is 11.0. The Morgan fingerprint density at radius 3 is 2.75 bits per heavy atom. The van der Waals surface area contributed by atoms with Crippen LogP contribution < -0.4 is 0 Å². The van der Waals surface area contributed by atoms with Crippen LogP contribution in [0.4, 0.5) is 0 Å². The largest absolute Gasteiger partial charge is 0.477 e. The number of aromatic carboxylic acids is 1. The summed E-state index contributed by atoms with van der Waals surface area (Å²) in [5.41, 5.74) is 1.48. The van der Waals surface area contributed by atoms with Crippen molar-refractivity contribution in [3.8, 4) is 6.07 Å². The van der Waals surface area contributed by atoms with Crippen molar-refractivity contribution >= 4 is 32.8 Å². The molecule has 1 aromatic carbocycles. The van der Waals surface area contributed by atoms with Crippen molar-refractivity contribution in [3.63, 3.8) is 0 Å². The molecule has 0 radical (unpaired) electrons. The molecule has 1 aromatic heterocycles. The Kier molecular flexibility index (Phi) is 2.44. The first-order valence-electron chi connectivity index (χ1n) is 4.47. The first-order chi connectivity index (χ1) is 7.54. The van der Waals surface area contributed by atoms with Crippen molar-refractivity contribution in [2.45, 2.75) is 0 Å². The van der Waals surface area contributed by atoms with Crippen LogP contribution in [0.25, 0.3) is 10.9 Å². The second kappa shape index (κ2) is 3.65. The number of aromatic nitrogens is 1. The Hall–Kier alpha value is -1.80. The molecule has 0 aliphatic heterocycles. The molecule has 1 heterocycles. The Bertz CT molecular complexity index is 637. The van der Waals surface area contributed by atoms with Gasteiger partial charge in [0.1, 0.15) is 5.69 Å². The van der Waals surface area contributed by atoms with E-state index in [4.69, 9.17) is 10.4 Å². The van der Waals surface area contributed by atoms with Gasteiger partial charge in [0.15, 0.2) is 0 Å². The normalized spacial score (nSPS) is 10.3. The Morgan fingerprint density at radius 2 is 2.19 bits per heavy atom. The lowest BCUT2D eigenvalue weighted by Crippen LogP contribution is -2.03. The van der Waals surface area contributed by atoms with Crippen LogP contribution in [-0.2, 0) is 7.05 Å². The first-order valence-corrected chi connectivity index (χ1v) is 5.26. The summed E-state index contributed by atoms with van der Waals surface area (Å²) in [6.45, 7) is 0. The molecule has 0 bridgehead atoms. The van der Waals surface area contributed by atoms with Crippen LogP contribution in [0.15, 0.2) is 22.7 Å². The zero-order valence-electron chi connectivity index (χ0n) is 8.36. The van der Waals surface area contributed by atoms with E-state index < -0.39 is 5.97 Å². The van der Waals surface area contributed by atoms with Crippen molar-refractivity contribution in [2.24, 2.45) is 7.05 Å². The van der Waals surface area contributed by atoms with E-state index in [9.17, 15) is 4.79 Å². The van der Waals surface area contributed by atoms with Crippen molar-refractivity contribution in [1.82, 2.24) is 4.57 Å². The molecule has 0 atom stereocenters. The monoisotopic (exact) mass is 278 g/mol. The summed E-state index contributed by atoms with van der Waals surface area (Å²) < 4.78 is 2.31. The van der Waals surface area contributed by atoms with Gasteiger partial charge in [-0.3, -0.25) is 0 Å². The molecular weight excluding hydrogens is 272 g/mol. The van der Waals surface area contributed by atoms with Gasteiger partial charge in [0, 0.05) is 16.9 Å². The van der Waals surface area contributed by atoms with Crippen LogP contribution in [0, 0.1) is 11.3 Å². The molecule has 80 valence electrons. The van der Waals surface area contributed by atoms with Crippen molar-refractivity contribution < 1.29 is 9.90 Å². The van der Waals surface area contributed by atoms with Crippen molar-refractivity contribution in [2.75, 3.05) is 0 Å². The number of carboxylic acids is 1. The van der Waals surface area contributed by atoms with E-state index in [1.807, 2.05) is 6.07 Å². The average molecular weight is 279 g/mol. The second-order valence-corrected chi connectivity index (χ2v) is 4.26. The van der Waals surface area contributed by atoms with Gasteiger partial charge in [-0.25, -0.2) is 4.79 Å². The topological polar surface area (TPSA) is 66.0 Å². The van der Waals surface area contributed by atoms with E-state index in [2.05, 4.69) is 15.9 Å². The molecule has 0 unspecified atom stereocenters. The van der Waals surface area contributed by atoms with E-state index in [1.165, 1.54) is 0 Å². The van der Waals surface area contributed by atoms with E-state index in [0.29, 0.717) is 5.56 Å². The Balaban J connectivity index is 2.87. The summed E-state index contributed by atoms with van der Waals surface area (Å²) in [7, 11) is 1.68. The number of carboxylic acid groups (broad SMARTS) is 1. The molecule has 0 fully saturated rings. The number of hydrogen-bond acceptors (Lipinski definition) is 2. The van der Waals surface area contributed by atoms with Crippen molar-refractivity contribution in [1.29, 1.82) is 5.26 Å². The van der Waals surface area contributed by atoms with Gasteiger partial charge in [0.2, 0.25) is 0 Å². The number of nitriles is 1. The Labute approximate surface area is 99.8 Å². The number of benzene rings is 1. The Morgan fingerprint density at radius 1 is 1.50 bits per heavy atom. The molecular formula is C11H7BrN2O2. The third-order valence-corrected chi connectivity index (χ3v) is 3.03. The fourth-order valence-corrected chi connectivity index (χ4v) is 2.46. The summed E-state index contributed by atoms with van der Waals surface area (Å²) in [6.07, 6.45) is 0. The third kappa shape index (κ3) is 1.48. The minimum Gasteiger partial charge on any atom is -0.477 e. The molecule has 0 amide bonds. The standard InChI is InChI=1S/C11H7BrN2O2/c1-14-9(11(15)16)4-7-2-6(5-13)3-8(12)10(7)14/h2-4H,1H3,(H,15,16). The minimum atomic E-state index is -0.982. The second-order valence-electron chi connectivity index (χ2n) is 3.40. The van der Waals surface area contributed by atoms with Gasteiger partial charge in [-0.05, 0) is 34.1 Å². The molecule has 2 aromatic rings. The number of aryl methyl sites for hydroxylation is 1. The number of rotatable bonds is 1. The number of hydrogen-bond donors (Lipinski definition) is 1. The predicted molar refractivity (Wildman–Crippen MR) is 62.3 cm³/mol. The van der Waals surface area contributed by atoms with Crippen LogP contribution in [0.2, 0.25) is 0 Å². The smallest absolute Gasteiger partial charge is 0.352 e. The molecule has 4 nitrogen and oxygen atoms in total. The zero-order valence-corrected chi connectivity index (χ0v) is 9.95. The number of halogens is 1. The maximum Gasteiger partial charge on any atom is 0.352 e. The summed E-state index contributed by atoms with van der Waals surface area (Å²) in [5.74, 6) is -0.982. The maximum atomic E-state index is 11.0. The van der Waals surface area contributed by atoms with E-state index in [-0.39, 0.29) is 5.69 Å². The van der Waals surface area contributed by atoms with E-state index in [1.54, 1.807) is 29.8 Å². The van der Waals surface area contributed by atoms with Gasteiger partial charge in [0.25, 0.3) is 0 Å². The molecule has 0 aliphatic carbocycles. The number of nitrogens with zero attached hydrogens (tertiary/aromatic N) is 2. The highest BCUT2D eigenvalue weighted by Gasteiger charge is 2.14. The summed E-state index contributed by atoms with van der Waals surface area (Å²) >= 11 is 3.34. The predicted octanol–water partition coefficient (Wildman–Crippen LogP) is 2.51. The van der Waals surface area contributed by atoms with Gasteiger partial charge in [-0.2, -0.15) is 5.26 Å². The van der Waals surface area contributed by atoms with Crippen LogP contribution in [0.5, 0.6) is 0 Å². The molecule has 0 saturated heterocycles. The minimum absolute atomic E-state index is 0.200. The van der Waals surface area contributed by atoms with Crippen molar-refractivity contribution in [3.05, 3.63) is 33.9 Å². The maximum absolute atomic E-state index is 11.0. The molecule has 1 N–H and O–H groups in total. The van der Waals surface area contributed by atoms with Gasteiger partial charge in [-0.15, -0.1) is 0 Å². The van der Waals surface area contributed by atoms with Gasteiger partial charge in [-0.1, -0.05) is 0 Å². The number of fused-ring (bicyclic) bond motifs is 1. The molecule has 5 heteroatoms. The lowest BCUT2D eigenvalue weighted by Gasteiger charge is -2.01. The molecule has 2 rings (SSSR count). The van der Waals surface area contributed by atoms with Crippen LogP contribution in [0.1, 0.15) is 16.1 Å². The molecule has 16 heavy (non-hydrogen) atoms. The van der Waals surface area contributed by atoms with Crippen LogP contribution >= 0.6 is 15.9 Å². The summed E-state index contributed by atoms with van der Waals surface area (Å²) in [5, 5.41) is 18.5. The number of carbonyl (C=O) groups is 1. The summed E-state index contributed by atoms with van der Waals surface area (Å²) in [6, 6.07) is 6.94. The SMILES string of the molecule is Cn1c(C(=O)O)cc2cc(C#N)cc(Br)c21. The van der Waals surface area contributed by atoms with Crippen LogP contribution in [0.3, 0.4) is 0 Å². The van der Waals surface area contributed by atoms with Crippen LogP contribution in [-0.4, -0.2) is 15.6 Å².